The molecule has 0 saturated carbocycles. The Bertz CT molecular complexity index is 278. The fourth-order valence-corrected chi connectivity index (χ4v) is 3.32. The molecule has 0 atom stereocenters. The van der Waals surface area contributed by atoms with E-state index in [1.54, 1.807) is 6.92 Å². The van der Waals surface area contributed by atoms with Crippen molar-refractivity contribution in [3.8, 4) is 0 Å². The lowest BCUT2D eigenvalue weighted by molar-refractivity contribution is -0.139. The molecule has 0 radical (unpaired) electrons. The van der Waals surface area contributed by atoms with Crippen molar-refractivity contribution in [1.29, 1.82) is 0 Å². The number of carbonyl (C=O) groups excluding carboxylic acids is 3. The SMILES string of the molecule is CC[Si](CNC(N)=O)(OC(C)=O)OC(C)=O. The van der Waals surface area contributed by atoms with E-state index in [4.69, 9.17) is 14.6 Å². The molecule has 92 valence electrons. The van der Waals surface area contributed by atoms with Gasteiger partial charge in [0.2, 0.25) is 0 Å². The van der Waals surface area contributed by atoms with E-state index in [1.807, 2.05) is 0 Å². The van der Waals surface area contributed by atoms with Crippen LogP contribution in [-0.4, -0.2) is 32.7 Å². The smallest absolute Gasteiger partial charge is 0.484 e. The van der Waals surface area contributed by atoms with Crippen molar-refractivity contribution in [1.82, 2.24) is 5.32 Å². The quantitative estimate of drug-likeness (QED) is 0.654. The van der Waals surface area contributed by atoms with Gasteiger partial charge in [-0.15, -0.1) is 0 Å². The third kappa shape index (κ3) is 5.34. The molecule has 8 heteroatoms. The normalized spacial score (nSPS) is 10.4. The topological polar surface area (TPSA) is 108 Å². The second-order valence-electron chi connectivity index (χ2n) is 3.17. The zero-order valence-corrected chi connectivity index (χ0v) is 10.5. The molecule has 0 aliphatic heterocycles. The van der Waals surface area contributed by atoms with Gasteiger partial charge in [-0.2, -0.15) is 0 Å². The van der Waals surface area contributed by atoms with Crippen LogP contribution >= 0.6 is 0 Å². The van der Waals surface area contributed by atoms with Gasteiger partial charge >= 0.3 is 14.6 Å². The predicted molar refractivity (Wildman–Crippen MR) is 57.4 cm³/mol. The monoisotopic (exact) mass is 248 g/mol. The third-order valence-corrected chi connectivity index (χ3v) is 4.84. The fourth-order valence-electron chi connectivity index (χ4n) is 1.11. The lowest BCUT2D eigenvalue weighted by Crippen LogP contribution is -2.54. The molecule has 0 unspecified atom stereocenters. The lowest BCUT2D eigenvalue weighted by Gasteiger charge is -2.27. The van der Waals surface area contributed by atoms with E-state index in [0.29, 0.717) is 6.04 Å². The molecule has 0 fully saturated rings. The van der Waals surface area contributed by atoms with Crippen LogP contribution in [0.2, 0.25) is 6.04 Å². The number of amides is 2. The van der Waals surface area contributed by atoms with Crippen LogP contribution < -0.4 is 11.1 Å². The van der Waals surface area contributed by atoms with Crippen molar-refractivity contribution in [3.05, 3.63) is 0 Å². The molecule has 0 aliphatic rings. The summed E-state index contributed by atoms with van der Waals surface area (Å²) in [6, 6.07) is -0.420. The Hall–Kier alpha value is -1.57. The molecule has 3 N–H and O–H groups in total. The molecule has 0 heterocycles. The molecule has 0 aromatic heterocycles. The van der Waals surface area contributed by atoms with Crippen LogP contribution in [0.15, 0.2) is 0 Å². The summed E-state index contributed by atoms with van der Waals surface area (Å²) in [6.45, 7) is 4.14. The standard InChI is InChI=1S/C8H16N2O5Si/c1-4-16(14-6(2)11,15-7(3)12)5-10-8(9)13/h4-5H2,1-3H3,(H3,9,10,13). The zero-order valence-electron chi connectivity index (χ0n) is 9.53. The number of hydrogen-bond acceptors (Lipinski definition) is 5. The highest BCUT2D eigenvalue weighted by Gasteiger charge is 2.42. The lowest BCUT2D eigenvalue weighted by atomic mass is 10.9. The first-order valence-electron chi connectivity index (χ1n) is 4.74. The second kappa shape index (κ2) is 6.11. The Morgan fingerprint density at radius 1 is 1.19 bits per heavy atom. The number of hydrogen-bond donors (Lipinski definition) is 2. The van der Waals surface area contributed by atoms with Gasteiger partial charge in [0.1, 0.15) is 0 Å². The number of urea groups is 1. The molecule has 0 aromatic carbocycles. The largest absolute Gasteiger partial charge is 0.484 e. The van der Waals surface area contributed by atoms with E-state index in [-0.39, 0.29) is 6.17 Å². The van der Waals surface area contributed by atoms with Gasteiger partial charge in [0, 0.05) is 19.9 Å². The second-order valence-corrected chi connectivity index (χ2v) is 6.46. The van der Waals surface area contributed by atoms with Gasteiger partial charge in [-0.25, -0.2) is 4.79 Å². The summed E-state index contributed by atoms with van der Waals surface area (Å²) in [4.78, 5) is 32.4. The Balaban J connectivity index is 4.72. The number of carbonyl (C=O) groups is 3. The Labute approximate surface area is 94.5 Å². The highest BCUT2D eigenvalue weighted by Crippen LogP contribution is 2.13. The van der Waals surface area contributed by atoms with Crippen molar-refractivity contribution in [2.24, 2.45) is 5.73 Å². The molecule has 0 aliphatic carbocycles. The summed E-state index contributed by atoms with van der Waals surface area (Å²) in [5.74, 6) is -1.11. The number of nitrogens with one attached hydrogen (secondary N) is 1. The average molecular weight is 248 g/mol. The molecule has 0 saturated heterocycles. The van der Waals surface area contributed by atoms with E-state index in [0.717, 1.165) is 0 Å². The molecule has 0 spiro atoms. The summed E-state index contributed by atoms with van der Waals surface area (Å²) in [5.41, 5.74) is 4.91. The van der Waals surface area contributed by atoms with E-state index < -0.39 is 26.5 Å². The van der Waals surface area contributed by atoms with E-state index >= 15 is 0 Å². The van der Waals surface area contributed by atoms with Gasteiger partial charge in [0.05, 0.1) is 6.17 Å². The highest BCUT2D eigenvalue weighted by molar-refractivity contribution is 6.70. The first kappa shape index (κ1) is 14.4. The number of nitrogens with two attached hydrogens (primary N) is 1. The zero-order chi connectivity index (χ0) is 12.8. The number of primary amides is 1. The first-order valence-corrected chi connectivity index (χ1v) is 6.97. The molecule has 0 rings (SSSR count). The van der Waals surface area contributed by atoms with E-state index in [9.17, 15) is 14.4 Å². The molecule has 16 heavy (non-hydrogen) atoms. The molecular weight excluding hydrogens is 232 g/mol. The fraction of sp³-hybridized carbons (Fsp3) is 0.625. The van der Waals surface area contributed by atoms with Crippen molar-refractivity contribution < 1.29 is 23.2 Å². The van der Waals surface area contributed by atoms with E-state index in [2.05, 4.69) is 5.32 Å². The van der Waals surface area contributed by atoms with Crippen LogP contribution in [-0.2, 0) is 18.4 Å². The maximum atomic E-state index is 10.9. The summed E-state index contributed by atoms with van der Waals surface area (Å²) in [6.07, 6.45) is -0.0437. The molecule has 0 bridgehead atoms. The van der Waals surface area contributed by atoms with E-state index in [1.165, 1.54) is 13.8 Å². The maximum absolute atomic E-state index is 10.9. The minimum Gasteiger partial charge on any atom is -0.484 e. The van der Waals surface area contributed by atoms with Crippen LogP contribution in [0.4, 0.5) is 4.79 Å². The van der Waals surface area contributed by atoms with Crippen molar-refractivity contribution >= 4 is 26.5 Å². The van der Waals surface area contributed by atoms with Crippen molar-refractivity contribution in [2.45, 2.75) is 26.8 Å². The molecule has 2 amide bonds. The Kier molecular flexibility index (Phi) is 5.51. The predicted octanol–water partition coefficient (Wildman–Crippen LogP) is -0.218. The summed E-state index contributed by atoms with van der Waals surface area (Å²) in [7, 11) is -3.07. The van der Waals surface area contributed by atoms with Gasteiger partial charge in [-0.1, -0.05) is 6.92 Å². The molecule has 0 aromatic rings. The van der Waals surface area contributed by atoms with Crippen molar-refractivity contribution in [2.75, 3.05) is 6.17 Å². The molecule has 7 nitrogen and oxygen atoms in total. The van der Waals surface area contributed by atoms with Gasteiger partial charge in [-0.05, 0) is 0 Å². The third-order valence-electron chi connectivity index (χ3n) is 1.73. The Morgan fingerprint density at radius 2 is 1.62 bits per heavy atom. The van der Waals surface area contributed by atoms with Gasteiger partial charge in [0.15, 0.2) is 0 Å². The van der Waals surface area contributed by atoms with Gasteiger partial charge < -0.3 is 19.9 Å². The number of rotatable bonds is 5. The first-order chi connectivity index (χ1) is 7.31. The van der Waals surface area contributed by atoms with Gasteiger partial charge in [-0.3, -0.25) is 9.59 Å². The highest BCUT2D eigenvalue weighted by atomic mass is 28.4. The minimum absolute atomic E-state index is 0.0437. The molecular formula is C8H16N2O5Si. The van der Waals surface area contributed by atoms with Crippen molar-refractivity contribution in [3.63, 3.8) is 0 Å². The summed E-state index contributed by atoms with van der Waals surface area (Å²) < 4.78 is 10.1. The van der Waals surface area contributed by atoms with Crippen LogP contribution in [0.25, 0.3) is 0 Å². The summed E-state index contributed by atoms with van der Waals surface area (Å²) in [5, 5.41) is 2.29. The maximum Gasteiger partial charge on any atom is 0.484 e. The van der Waals surface area contributed by atoms with Crippen LogP contribution in [0.3, 0.4) is 0 Å². The average Bonchev–Trinajstić information content (AvgIpc) is 2.12. The minimum atomic E-state index is -3.07. The van der Waals surface area contributed by atoms with Crippen LogP contribution in [0, 0.1) is 0 Å². The van der Waals surface area contributed by atoms with Crippen LogP contribution in [0.1, 0.15) is 20.8 Å². The van der Waals surface area contributed by atoms with Crippen LogP contribution in [0.5, 0.6) is 0 Å². The summed E-state index contributed by atoms with van der Waals surface area (Å²) >= 11 is 0. The Morgan fingerprint density at radius 3 is 1.88 bits per heavy atom. The van der Waals surface area contributed by atoms with Gasteiger partial charge in [0.25, 0.3) is 11.9 Å².